The van der Waals surface area contributed by atoms with E-state index in [9.17, 15) is 4.79 Å². The largest absolute Gasteiger partial charge is 0.323 e. The van der Waals surface area contributed by atoms with E-state index in [1.807, 2.05) is 47.0 Å². The van der Waals surface area contributed by atoms with Gasteiger partial charge in [0, 0.05) is 23.5 Å². The molecule has 0 spiro atoms. The predicted octanol–water partition coefficient (Wildman–Crippen LogP) is 3.79. The van der Waals surface area contributed by atoms with Gasteiger partial charge in [-0.25, -0.2) is 4.79 Å². The number of benzene rings is 2. The SMILES string of the molecule is Cc1ccc2c(c1)C1(c3ccccc3)SCCN1C(=O)N2. The number of aryl methyl sites for hydroxylation is 1. The first-order chi connectivity index (χ1) is 10.2. The lowest BCUT2D eigenvalue weighted by molar-refractivity contribution is 0.195. The summed E-state index contributed by atoms with van der Waals surface area (Å²) < 4.78 is 0. The Morgan fingerprint density at radius 2 is 2.00 bits per heavy atom. The second-order valence-corrected chi connectivity index (χ2v) is 6.78. The summed E-state index contributed by atoms with van der Waals surface area (Å²) in [6, 6.07) is 16.6. The summed E-state index contributed by atoms with van der Waals surface area (Å²) in [4.78, 5) is 14.1. The molecule has 1 N–H and O–H groups in total. The van der Waals surface area contributed by atoms with Crippen LogP contribution in [0, 0.1) is 6.92 Å². The summed E-state index contributed by atoms with van der Waals surface area (Å²) in [5.74, 6) is 0.954. The number of nitrogens with one attached hydrogen (secondary N) is 1. The highest BCUT2D eigenvalue weighted by molar-refractivity contribution is 8.00. The Hall–Kier alpha value is -1.94. The summed E-state index contributed by atoms with van der Waals surface area (Å²) in [7, 11) is 0. The lowest BCUT2D eigenvalue weighted by Gasteiger charge is -2.43. The van der Waals surface area contributed by atoms with Gasteiger partial charge in [0.15, 0.2) is 0 Å². The number of amides is 2. The third kappa shape index (κ3) is 1.72. The lowest BCUT2D eigenvalue weighted by Crippen LogP contribution is -2.50. The molecular weight excluding hydrogens is 280 g/mol. The van der Waals surface area contributed by atoms with Crippen molar-refractivity contribution < 1.29 is 4.79 Å². The second-order valence-electron chi connectivity index (χ2n) is 5.49. The highest BCUT2D eigenvalue weighted by Crippen LogP contribution is 2.54. The van der Waals surface area contributed by atoms with Crippen LogP contribution in [-0.4, -0.2) is 23.2 Å². The average Bonchev–Trinajstić information content (AvgIpc) is 2.96. The fraction of sp³-hybridized carbons (Fsp3) is 0.235. The van der Waals surface area contributed by atoms with Crippen molar-refractivity contribution in [3.63, 3.8) is 0 Å². The van der Waals surface area contributed by atoms with Crippen LogP contribution in [0.25, 0.3) is 0 Å². The Labute approximate surface area is 128 Å². The van der Waals surface area contributed by atoms with Crippen LogP contribution in [0.4, 0.5) is 10.5 Å². The number of nitrogens with zero attached hydrogens (tertiary/aromatic N) is 1. The highest BCUT2D eigenvalue weighted by atomic mass is 32.2. The number of rotatable bonds is 1. The molecule has 1 fully saturated rings. The van der Waals surface area contributed by atoms with Crippen LogP contribution in [0.3, 0.4) is 0 Å². The molecule has 4 heteroatoms. The zero-order chi connectivity index (χ0) is 14.4. The molecule has 4 rings (SSSR count). The van der Waals surface area contributed by atoms with Crippen molar-refractivity contribution in [3.05, 3.63) is 65.2 Å². The van der Waals surface area contributed by atoms with E-state index < -0.39 is 0 Å². The van der Waals surface area contributed by atoms with E-state index in [2.05, 4.69) is 30.4 Å². The topological polar surface area (TPSA) is 32.3 Å². The van der Waals surface area contributed by atoms with E-state index in [-0.39, 0.29) is 10.9 Å². The summed E-state index contributed by atoms with van der Waals surface area (Å²) in [5, 5.41) is 3.03. The number of thioether (sulfide) groups is 1. The van der Waals surface area contributed by atoms with Crippen molar-refractivity contribution in [3.8, 4) is 0 Å². The van der Waals surface area contributed by atoms with Crippen molar-refractivity contribution in [2.24, 2.45) is 0 Å². The zero-order valence-electron chi connectivity index (χ0n) is 11.8. The second kappa shape index (κ2) is 4.53. The average molecular weight is 296 g/mol. The van der Waals surface area contributed by atoms with Crippen LogP contribution >= 0.6 is 11.8 Å². The van der Waals surface area contributed by atoms with Crippen molar-refractivity contribution >= 4 is 23.5 Å². The molecule has 3 nitrogen and oxygen atoms in total. The molecule has 106 valence electrons. The molecule has 1 saturated heterocycles. The van der Waals surface area contributed by atoms with Gasteiger partial charge in [-0.2, -0.15) is 0 Å². The van der Waals surface area contributed by atoms with E-state index in [0.29, 0.717) is 0 Å². The third-order valence-corrected chi connectivity index (χ3v) is 5.68. The van der Waals surface area contributed by atoms with Gasteiger partial charge in [-0.1, -0.05) is 48.0 Å². The molecule has 0 saturated carbocycles. The fourth-order valence-corrected chi connectivity index (χ4v) is 4.80. The van der Waals surface area contributed by atoms with Gasteiger partial charge in [0.25, 0.3) is 0 Å². The molecule has 1 atom stereocenters. The van der Waals surface area contributed by atoms with Crippen LogP contribution in [0.5, 0.6) is 0 Å². The molecule has 0 aromatic heterocycles. The van der Waals surface area contributed by atoms with Gasteiger partial charge in [-0.15, -0.1) is 11.8 Å². The summed E-state index contributed by atoms with van der Waals surface area (Å²) in [6.45, 7) is 2.87. The minimum atomic E-state index is -0.384. The number of urea groups is 1. The number of carbonyl (C=O) groups excluding carboxylic acids is 1. The Kier molecular flexibility index (Phi) is 2.76. The number of carbonyl (C=O) groups is 1. The fourth-order valence-electron chi connectivity index (χ4n) is 3.28. The molecule has 21 heavy (non-hydrogen) atoms. The van der Waals surface area contributed by atoms with Crippen LogP contribution in [0.15, 0.2) is 48.5 Å². The molecule has 2 aliphatic heterocycles. The van der Waals surface area contributed by atoms with Crippen LogP contribution < -0.4 is 5.32 Å². The van der Waals surface area contributed by atoms with Crippen LogP contribution in [0.2, 0.25) is 0 Å². The first-order valence-electron chi connectivity index (χ1n) is 7.11. The van der Waals surface area contributed by atoms with Gasteiger partial charge in [0.1, 0.15) is 4.87 Å². The molecule has 2 aromatic rings. The maximum Gasteiger partial charge on any atom is 0.323 e. The minimum Gasteiger partial charge on any atom is -0.307 e. The Morgan fingerprint density at radius 1 is 1.19 bits per heavy atom. The molecule has 0 bridgehead atoms. The van der Waals surface area contributed by atoms with Gasteiger partial charge < -0.3 is 10.2 Å². The summed E-state index contributed by atoms with van der Waals surface area (Å²) in [5.41, 5.74) is 4.51. The quantitative estimate of drug-likeness (QED) is 0.868. The number of anilines is 1. The third-order valence-electron chi connectivity index (χ3n) is 4.20. The van der Waals surface area contributed by atoms with E-state index in [1.54, 1.807) is 0 Å². The van der Waals surface area contributed by atoms with Crippen molar-refractivity contribution in [2.45, 2.75) is 11.8 Å². The van der Waals surface area contributed by atoms with Gasteiger partial charge in [-0.3, -0.25) is 0 Å². The van der Waals surface area contributed by atoms with Gasteiger partial charge in [0.05, 0.1) is 0 Å². The summed E-state index contributed by atoms with van der Waals surface area (Å²) in [6.07, 6.45) is 0. The van der Waals surface area contributed by atoms with E-state index >= 15 is 0 Å². The molecule has 2 aliphatic rings. The predicted molar refractivity (Wildman–Crippen MR) is 86.6 cm³/mol. The number of hydrogen-bond donors (Lipinski definition) is 1. The minimum absolute atomic E-state index is 0.000191. The normalized spacial score (nSPS) is 23.5. The Balaban J connectivity index is 2.02. The molecule has 2 heterocycles. The van der Waals surface area contributed by atoms with Crippen LogP contribution in [0.1, 0.15) is 16.7 Å². The molecular formula is C17H16N2OS. The van der Waals surface area contributed by atoms with Gasteiger partial charge in [0.2, 0.25) is 0 Å². The number of fused-ring (bicyclic) bond motifs is 3. The van der Waals surface area contributed by atoms with E-state index in [1.165, 1.54) is 16.7 Å². The maximum absolute atomic E-state index is 12.5. The molecule has 0 radical (unpaired) electrons. The van der Waals surface area contributed by atoms with Gasteiger partial charge >= 0.3 is 6.03 Å². The highest BCUT2D eigenvalue weighted by Gasteiger charge is 2.51. The van der Waals surface area contributed by atoms with Gasteiger partial charge in [-0.05, 0) is 18.6 Å². The molecule has 2 aromatic carbocycles. The van der Waals surface area contributed by atoms with E-state index in [4.69, 9.17) is 0 Å². The standard InChI is InChI=1S/C17H16N2OS/c1-12-7-8-15-14(11-12)17(13-5-3-2-4-6-13)19(9-10-21-17)16(20)18-15/h2-8,11H,9-10H2,1H3,(H,18,20). The molecule has 2 amide bonds. The first kappa shape index (κ1) is 12.8. The Bertz CT molecular complexity index is 716. The molecule has 1 unspecified atom stereocenters. The number of hydrogen-bond acceptors (Lipinski definition) is 2. The van der Waals surface area contributed by atoms with Crippen molar-refractivity contribution in [2.75, 3.05) is 17.6 Å². The lowest BCUT2D eigenvalue weighted by atomic mass is 9.92. The zero-order valence-corrected chi connectivity index (χ0v) is 12.6. The monoisotopic (exact) mass is 296 g/mol. The van der Waals surface area contributed by atoms with Crippen LogP contribution in [-0.2, 0) is 4.87 Å². The summed E-state index contributed by atoms with van der Waals surface area (Å²) >= 11 is 1.85. The van der Waals surface area contributed by atoms with Crippen molar-refractivity contribution in [1.29, 1.82) is 0 Å². The molecule has 0 aliphatic carbocycles. The Morgan fingerprint density at radius 3 is 2.81 bits per heavy atom. The first-order valence-corrected chi connectivity index (χ1v) is 8.09. The smallest absolute Gasteiger partial charge is 0.307 e. The van der Waals surface area contributed by atoms with Crippen molar-refractivity contribution in [1.82, 2.24) is 4.90 Å². The maximum atomic E-state index is 12.5. The van der Waals surface area contributed by atoms with E-state index in [0.717, 1.165) is 18.0 Å².